The van der Waals surface area contributed by atoms with Crippen LogP contribution >= 0.6 is 0 Å². The number of benzene rings is 1. The first-order valence-electron chi connectivity index (χ1n) is 5.32. The molecule has 0 unspecified atom stereocenters. The molecule has 2 aromatic rings. The van der Waals surface area contributed by atoms with Gasteiger partial charge in [-0.3, -0.25) is 4.79 Å². The Morgan fingerprint density at radius 1 is 1.41 bits per heavy atom. The maximum atomic E-state index is 11.7. The normalized spacial score (nSPS) is 10.1. The molecule has 0 saturated carbocycles. The third-order valence-corrected chi connectivity index (χ3v) is 2.35. The molecule has 0 fully saturated rings. The van der Waals surface area contributed by atoms with Crippen molar-refractivity contribution in [2.45, 2.75) is 6.42 Å². The number of aromatic nitrogens is 2. The molecule has 1 aromatic carbocycles. The molecule has 2 rings (SSSR count). The van der Waals surface area contributed by atoms with Crippen molar-refractivity contribution in [3.63, 3.8) is 0 Å². The fourth-order valence-electron chi connectivity index (χ4n) is 1.49. The minimum absolute atomic E-state index is 0.0111. The molecular weight excluding hydrogens is 218 g/mol. The Labute approximate surface area is 98.5 Å². The van der Waals surface area contributed by atoms with Crippen molar-refractivity contribution in [2.24, 2.45) is 0 Å². The second-order valence-electron chi connectivity index (χ2n) is 3.56. The number of imidazole rings is 1. The topological polar surface area (TPSA) is 78.0 Å². The van der Waals surface area contributed by atoms with Gasteiger partial charge in [0.1, 0.15) is 11.6 Å². The lowest BCUT2D eigenvalue weighted by atomic mass is 10.2. The van der Waals surface area contributed by atoms with Crippen molar-refractivity contribution in [3.05, 3.63) is 48.0 Å². The second-order valence-corrected chi connectivity index (χ2v) is 3.56. The number of hydrogen-bond donors (Lipinski definition) is 3. The second kappa shape index (κ2) is 5.16. The molecule has 3 N–H and O–H groups in total. The predicted molar refractivity (Wildman–Crippen MR) is 62.7 cm³/mol. The van der Waals surface area contributed by atoms with Crippen molar-refractivity contribution < 1.29 is 9.90 Å². The summed E-state index contributed by atoms with van der Waals surface area (Å²) in [6, 6.07) is 6.45. The minimum Gasteiger partial charge on any atom is -0.507 e. The highest BCUT2D eigenvalue weighted by atomic mass is 16.3. The van der Waals surface area contributed by atoms with E-state index in [2.05, 4.69) is 15.3 Å². The highest BCUT2D eigenvalue weighted by Crippen LogP contribution is 2.14. The molecule has 0 spiro atoms. The standard InChI is InChI=1S/C12H13N3O2/c16-10-4-2-1-3-9(10)12(17)15-6-5-11-13-7-8-14-11/h1-4,7-8,16H,5-6H2,(H,13,14)(H,15,17). The van der Waals surface area contributed by atoms with Crippen LogP contribution in [0.1, 0.15) is 16.2 Å². The van der Waals surface area contributed by atoms with Crippen LogP contribution in [0.5, 0.6) is 5.75 Å². The van der Waals surface area contributed by atoms with E-state index in [0.29, 0.717) is 13.0 Å². The van der Waals surface area contributed by atoms with Crippen LogP contribution in [0.4, 0.5) is 0 Å². The van der Waals surface area contributed by atoms with Crippen molar-refractivity contribution >= 4 is 5.91 Å². The van der Waals surface area contributed by atoms with E-state index in [9.17, 15) is 9.90 Å². The summed E-state index contributed by atoms with van der Waals surface area (Å²) in [5, 5.41) is 12.2. The van der Waals surface area contributed by atoms with Gasteiger partial charge in [-0.2, -0.15) is 0 Å². The molecule has 88 valence electrons. The number of phenols is 1. The Hall–Kier alpha value is -2.30. The molecule has 0 aliphatic rings. The first kappa shape index (κ1) is 11.2. The molecule has 5 nitrogen and oxygen atoms in total. The maximum absolute atomic E-state index is 11.7. The van der Waals surface area contributed by atoms with Crippen molar-refractivity contribution in [1.82, 2.24) is 15.3 Å². The maximum Gasteiger partial charge on any atom is 0.255 e. The van der Waals surface area contributed by atoms with Crippen LogP contribution in [0.25, 0.3) is 0 Å². The lowest BCUT2D eigenvalue weighted by molar-refractivity contribution is 0.0951. The molecule has 1 amide bonds. The van der Waals surface area contributed by atoms with Gasteiger partial charge >= 0.3 is 0 Å². The highest BCUT2D eigenvalue weighted by molar-refractivity contribution is 5.96. The summed E-state index contributed by atoms with van der Waals surface area (Å²) in [5.41, 5.74) is 0.284. The Balaban J connectivity index is 1.88. The van der Waals surface area contributed by atoms with E-state index in [1.165, 1.54) is 6.07 Å². The number of H-pyrrole nitrogens is 1. The van der Waals surface area contributed by atoms with E-state index in [1.54, 1.807) is 30.6 Å². The van der Waals surface area contributed by atoms with E-state index in [0.717, 1.165) is 5.82 Å². The molecule has 5 heteroatoms. The van der Waals surface area contributed by atoms with Gasteiger partial charge in [0, 0.05) is 25.4 Å². The summed E-state index contributed by atoms with van der Waals surface area (Å²) in [6.45, 7) is 0.473. The van der Waals surface area contributed by atoms with Gasteiger partial charge in [-0.15, -0.1) is 0 Å². The predicted octanol–water partition coefficient (Wildman–Crippen LogP) is 1.09. The van der Waals surface area contributed by atoms with Gasteiger partial charge < -0.3 is 15.4 Å². The SMILES string of the molecule is O=C(NCCc1ncc[nH]1)c1ccccc1O. The number of hydrogen-bond acceptors (Lipinski definition) is 3. The average Bonchev–Trinajstić information content (AvgIpc) is 2.82. The molecule has 0 radical (unpaired) electrons. The molecule has 0 saturated heterocycles. The summed E-state index contributed by atoms with van der Waals surface area (Å²) in [5.74, 6) is 0.528. The smallest absolute Gasteiger partial charge is 0.255 e. The Morgan fingerprint density at radius 3 is 2.94 bits per heavy atom. The van der Waals surface area contributed by atoms with Crippen LogP contribution in [-0.4, -0.2) is 27.5 Å². The van der Waals surface area contributed by atoms with Crippen molar-refractivity contribution in [2.75, 3.05) is 6.54 Å². The monoisotopic (exact) mass is 231 g/mol. The number of carbonyl (C=O) groups is 1. The number of aromatic amines is 1. The van der Waals surface area contributed by atoms with Gasteiger partial charge in [0.2, 0.25) is 0 Å². The van der Waals surface area contributed by atoms with Crippen LogP contribution in [0.15, 0.2) is 36.7 Å². The van der Waals surface area contributed by atoms with Gasteiger partial charge in [0.25, 0.3) is 5.91 Å². The van der Waals surface area contributed by atoms with Gasteiger partial charge in [-0.25, -0.2) is 4.98 Å². The van der Waals surface area contributed by atoms with E-state index < -0.39 is 0 Å². The van der Waals surface area contributed by atoms with Gasteiger partial charge in [0.05, 0.1) is 5.56 Å². The summed E-state index contributed by atoms with van der Waals surface area (Å²) in [4.78, 5) is 18.7. The van der Waals surface area contributed by atoms with Crippen molar-refractivity contribution in [3.8, 4) is 5.75 Å². The Bertz CT molecular complexity index is 494. The number of rotatable bonds is 4. The van der Waals surface area contributed by atoms with Gasteiger partial charge in [0.15, 0.2) is 0 Å². The quantitative estimate of drug-likeness (QED) is 0.737. The third-order valence-electron chi connectivity index (χ3n) is 2.35. The fourth-order valence-corrected chi connectivity index (χ4v) is 1.49. The van der Waals surface area contributed by atoms with Crippen molar-refractivity contribution in [1.29, 1.82) is 0 Å². The van der Waals surface area contributed by atoms with E-state index >= 15 is 0 Å². The summed E-state index contributed by atoms with van der Waals surface area (Å²) in [7, 11) is 0. The van der Waals surface area contributed by atoms with Crippen LogP contribution in [0, 0.1) is 0 Å². The van der Waals surface area contributed by atoms with Gasteiger partial charge in [-0.05, 0) is 12.1 Å². The number of nitrogens with one attached hydrogen (secondary N) is 2. The van der Waals surface area contributed by atoms with Crippen LogP contribution in [0.2, 0.25) is 0 Å². The number of aromatic hydroxyl groups is 1. The number of carbonyl (C=O) groups excluding carboxylic acids is 1. The molecule has 0 aliphatic carbocycles. The summed E-state index contributed by atoms with van der Waals surface area (Å²) < 4.78 is 0. The molecule has 0 bridgehead atoms. The highest BCUT2D eigenvalue weighted by Gasteiger charge is 2.09. The van der Waals surface area contributed by atoms with Crippen LogP contribution < -0.4 is 5.32 Å². The Morgan fingerprint density at radius 2 is 2.24 bits per heavy atom. The largest absolute Gasteiger partial charge is 0.507 e. The first-order valence-corrected chi connectivity index (χ1v) is 5.32. The van der Waals surface area contributed by atoms with E-state index in [1.807, 2.05) is 0 Å². The first-order chi connectivity index (χ1) is 8.27. The molecule has 0 aliphatic heterocycles. The van der Waals surface area contributed by atoms with Gasteiger partial charge in [-0.1, -0.05) is 12.1 Å². The average molecular weight is 231 g/mol. The lowest BCUT2D eigenvalue weighted by Crippen LogP contribution is -2.25. The van der Waals surface area contributed by atoms with Crippen LogP contribution in [0.3, 0.4) is 0 Å². The van der Waals surface area contributed by atoms with E-state index in [4.69, 9.17) is 0 Å². The zero-order valence-corrected chi connectivity index (χ0v) is 9.18. The number of phenolic OH excluding ortho intramolecular Hbond substituents is 1. The zero-order chi connectivity index (χ0) is 12.1. The minimum atomic E-state index is -0.283. The zero-order valence-electron chi connectivity index (χ0n) is 9.18. The lowest BCUT2D eigenvalue weighted by Gasteiger charge is -2.05. The molecule has 0 atom stereocenters. The van der Waals surface area contributed by atoms with E-state index in [-0.39, 0.29) is 17.2 Å². The summed E-state index contributed by atoms with van der Waals surface area (Å²) in [6.07, 6.45) is 4.03. The molecular formula is C12H13N3O2. The fraction of sp³-hybridized carbons (Fsp3) is 0.167. The number of nitrogens with zero attached hydrogens (tertiary/aromatic N) is 1. The Kier molecular flexibility index (Phi) is 3.40. The molecule has 1 aromatic heterocycles. The summed E-state index contributed by atoms with van der Waals surface area (Å²) >= 11 is 0. The van der Waals surface area contributed by atoms with Crippen LogP contribution in [-0.2, 0) is 6.42 Å². The number of para-hydroxylation sites is 1. The number of amides is 1. The molecule has 17 heavy (non-hydrogen) atoms. The molecule has 1 heterocycles. The third kappa shape index (κ3) is 2.84.